The molecule has 4 rings (SSSR count). The molecule has 1 N–H and O–H groups in total. The monoisotopic (exact) mass is 457 g/mol. The fourth-order valence-corrected chi connectivity index (χ4v) is 5.76. The van der Waals surface area contributed by atoms with Crippen LogP contribution in [0.25, 0.3) is 0 Å². The smallest absolute Gasteiger partial charge is 0.270 e. The van der Waals surface area contributed by atoms with Crippen molar-refractivity contribution >= 4 is 21.7 Å². The summed E-state index contributed by atoms with van der Waals surface area (Å²) < 4.78 is 25.0. The summed E-state index contributed by atoms with van der Waals surface area (Å²) in [6.07, 6.45) is 3.14. The summed E-state index contributed by atoms with van der Waals surface area (Å²) in [5.74, 6) is -0.874. The number of aromatic nitrogens is 1. The Hall–Kier alpha value is -2.94. The minimum absolute atomic E-state index is 0.0197. The first-order chi connectivity index (χ1) is 15.1. The zero-order chi connectivity index (χ0) is 23.1. The molecule has 1 aliphatic heterocycles. The highest BCUT2D eigenvalue weighted by molar-refractivity contribution is 7.92. The standard InChI is InChI=1S/C23H27N3O5S/c1-16-4-6-17(7-5-16)14-24-20(27)18-8-9-19-22(29)25(12-13-26(19)21(18)28)15-23(10-3-11-23)32(2,30)31/h4-9H,3,10-15H2,1-2H3,(H,24,27). The molecule has 1 fully saturated rings. The van der Waals surface area contributed by atoms with Crippen molar-refractivity contribution in [2.75, 3.05) is 19.3 Å². The molecule has 0 saturated heterocycles. The molecule has 2 heterocycles. The molecule has 1 aromatic heterocycles. The highest BCUT2D eigenvalue weighted by atomic mass is 32.2. The van der Waals surface area contributed by atoms with Crippen LogP contribution in [0.15, 0.2) is 41.2 Å². The lowest BCUT2D eigenvalue weighted by Crippen LogP contribution is -2.57. The minimum atomic E-state index is -3.30. The number of benzene rings is 1. The Morgan fingerprint density at radius 2 is 1.75 bits per heavy atom. The van der Waals surface area contributed by atoms with Gasteiger partial charge in [-0.3, -0.25) is 14.4 Å². The lowest BCUT2D eigenvalue weighted by molar-refractivity contribution is 0.0651. The molecule has 2 aliphatic rings. The molecule has 1 aromatic carbocycles. The lowest BCUT2D eigenvalue weighted by atomic mass is 9.83. The van der Waals surface area contributed by atoms with Gasteiger partial charge in [-0.05, 0) is 37.5 Å². The molecule has 2 aromatic rings. The van der Waals surface area contributed by atoms with Crippen LogP contribution in [0, 0.1) is 6.92 Å². The number of pyridine rings is 1. The molecule has 8 nitrogen and oxygen atoms in total. The van der Waals surface area contributed by atoms with E-state index in [9.17, 15) is 22.8 Å². The lowest BCUT2D eigenvalue weighted by Gasteiger charge is -2.44. The van der Waals surface area contributed by atoms with Gasteiger partial charge in [-0.2, -0.15) is 0 Å². The summed E-state index contributed by atoms with van der Waals surface area (Å²) in [6, 6.07) is 10.6. The third kappa shape index (κ3) is 3.97. The van der Waals surface area contributed by atoms with Gasteiger partial charge in [-0.15, -0.1) is 0 Å². The summed E-state index contributed by atoms with van der Waals surface area (Å²) in [5.41, 5.74) is 1.68. The van der Waals surface area contributed by atoms with Crippen molar-refractivity contribution in [3.8, 4) is 0 Å². The fraction of sp³-hybridized carbons (Fsp3) is 0.435. The van der Waals surface area contributed by atoms with Crippen molar-refractivity contribution in [2.45, 2.75) is 44.0 Å². The van der Waals surface area contributed by atoms with Crippen LogP contribution < -0.4 is 10.9 Å². The predicted octanol–water partition coefficient (Wildman–Crippen LogP) is 1.51. The molecular weight excluding hydrogens is 430 g/mol. The number of nitrogens with one attached hydrogen (secondary N) is 1. The van der Waals surface area contributed by atoms with Gasteiger partial charge in [-0.1, -0.05) is 36.2 Å². The van der Waals surface area contributed by atoms with Crippen LogP contribution in [0.5, 0.6) is 0 Å². The van der Waals surface area contributed by atoms with Crippen molar-refractivity contribution in [1.29, 1.82) is 0 Å². The molecule has 2 amide bonds. The molecule has 170 valence electrons. The van der Waals surface area contributed by atoms with E-state index in [2.05, 4.69) is 5.32 Å². The van der Waals surface area contributed by atoms with Gasteiger partial charge in [0.1, 0.15) is 11.3 Å². The molecule has 0 bridgehead atoms. The number of rotatable bonds is 6. The zero-order valence-corrected chi connectivity index (χ0v) is 19.1. The Morgan fingerprint density at radius 1 is 1.06 bits per heavy atom. The number of sulfone groups is 1. The number of carbonyl (C=O) groups excluding carboxylic acids is 2. The van der Waals surface area contributed by atoms with Gasteiger partial charge in [0, 0.05) is 32.4 Å². The van der Waals surface area contributed by atoms with E-state index in [0.717, 1.165) is 17.5 Å². The fourth-order valence-electron chi connectivity index (χ4n) is 4.34. The quantitative estimate of drug-likeness (QED) is 0.708. The second-order valence-corrected chi connectivity index (χ2v) is 11.2. The summed E-state index contributed by atoms with van der Waals surface area (Å²) in [4.78, 5) is 40.0. The van der Waals surface area contributed by atoms with Crippen molar-refractivity contribution in [2.24, 2.45) is 0 Å². The van der Waals surface area contributed by atoms with E-state index in [4.69, 9.17) is 0 Å². The van der Waals surface area contributed by atoms with Crippen LogP contribution in [0.1, 0.15) is 51.2 Å². The van der Waals surface area contributed by atoms with E-state index < -0.39 is 26.1 Å². The normalized spacial score (nSPS) is 17.4. The molecule has 32 heavy (non-hydrogen) atoms. The molecule has 0 atom stereocenters. The SMILES string of the molecule is Cc1ccc(CNC(=O)c2ccc3n(c2=O)CCN(CC2(S(C)(=O)=O)CCC2)C3=O)cc1. The van der Waals surface area contributed by atoms with Crippen molar-refractivity contribution in [3.05, 3.63) is 69.1 Å². The molecule has 0 unspecified atom stereocenters. The Bertz CT molecular complexity index is 1230. The van der Waals surface area contributed by atoms with Crippen molar-refractivity contribution < 1.29 is 18.0 Å². The van der Waals surface area contributed by atoms with Crippen LogP contribution in [-0.4, -0.2) is 53.8 Å². The summed E-state index contributed by atoms with van der Waals surface area (Å²) in [6.45, 7) is 2.86. The second kappa shape index (κ2) is 8.20. The average molecular weight is 458 g/mol. The molecular formula is C23H27N3O5S. The number of fused-ring (bicyclic) bond motifs is 1. The van der Waals surface area contributed by atoms with Gasteiger partial charge >= 0.3 is 0 Å². The first-order valence-corrected chi connectivity index (χ1v) is 12.6. The second-order valence-electron chi connectivity index (χ2n) is 8.79. The minimum Gasteiger partial charge on any atom is -0.348 e. The zero-order valence-electron chi connectivity index (χ0n) is 18.3. The highest BCUT2D eigenvalue weighted by Gasteiger charge is 2.48. The van der Waals surface area contributed by atoms with Gasteiger partial charge < -0.3 is 14.8 Å². The van der Waals surface area contributed by atoms with Crippen LogP contribution >= 0.6 is 0 Å². The van der Waals surface area contributed by atoms with E-state index in [-0.39, 0.29) is 36.8 Å². The number of carbonyl (C=O) groups is 2. The predicted molar refractivity (Wildman–Crippen MR) is 120 cm³/mol. The third-order valence-electron chi connectivity index (χ3n) is 6.62. The average Bonchev–Trinajstić information content (AvgIpc) is 2.71. The maximum Gasteiger partial charge on any atom is 0.270 e. The van der Waals surface area contributed by atoms with E-state index >= 15 is 0 Å². The number of hydrogen-bond donors (Lipinski definition) is 1. The first-order valence-electron chi connectivity index (χ1n) is 10.7. The number of amides is 2. The highest BCUT2D eigenvalue weighted by Crippen LogP contribution is 2.40. The first kappa shape index (κ1) is 22.3. The number of nitrogens with zero attached hydrogens (tertiary/aromatic N) is 2. The van der Waals surface area contributed by atoms with Gasteiger partial charge in [0.05, 0.1) is 4.75 Å². The van der Waals surface area contributed by atoms with Gasteiger partial charge in [0.25, 0.3) is 17.4 Å². The van der Waals surface area contributed by atoms with Crippen LogP contribution in [-0.2, 0) is 22.9 Å². The summed E-state index contributed by atoms with van der Waals surface area (Å²) >= 11 is 0. The number of aryl methyl sites for hydroxylation is 1. The third-order valence-corrected chi connectivity index (χ3v) is 8.73. The molecule has 1 saturated carbocycles. The van der Waals surface area contributed by atoms with Crippen molar-refractivity contribution in [3.63, 3.8) is 0 Å². The van der Waals surface area contributed by atoms with E-state index in [1.54, 1.807) is 0 Å². The summed E-state index contributed by atoms with van der Waals surface area (Å²) in [5, 5.41) is 2.75. The van der Waals surface area contributed by atoms with Gasteiger partial charge in [0.15, 0.2) is 9.84 Å². The maximum absolute atomic E-state index is 13.0. The molecule has 0 radical (unpaired) electrons. The van der Waals surface area contributed by atoms with Crippen LogP contribution in [0.3, 0.4) is 0 Å². The Kier molecular flexibility index (Phi) is 5.70. The van der Waals surface area contributed by atoms with Crippen molar-refractivity contribution in [1.82, 2.24) is 14.8 Å². The van der Waals surface area contributed by atoms with E-state index in [1.807, 2.05) is 31.2 Å². The van der Waals surface area contributed by atoms with Crippen LogP contribution in [0.2, 0.25) is 0 Å². The molecule has 1 aliphatic carbocycles. The van der Waals surface area contributed by atoms with E-state index in [1.165, 1.54) is 27.9 Å². The Balaban J connectivity index is 1.50. The summed E-state index contributed by atoms with van der Waals surface area (Å²) in [7, 11) is -3.30. The van der Waals surface area contributed by atoms with Crippen LogP contribution in [0.4, 0.5) is 0 Å². The molecule has 0 spiro atoms. The Morgan fingerprint density at radius 3 is 2.34 bits per heavy atom. The van der Waals surface area contributed by atoms with E-state index in [0.29, 0.717) is 19.4 Å². The maximum atomic E-state index is 13.0. The Labute approximate surface area is 187 Å². The van der Waals surface area contributed by atoms with Gasteiger partial charge in [0.2, 0.25) is 0 Å². The number of hydrogen-bond acceptors (Lipinski definition) is 5. The molecule has 9 heteroatoms. The topological polar surface area (TPSA) is 106 Å². The largest absolute Gasteiger partial charge is 0.348 e. The van der Waals surface area contributed by atoms with Gasteiger partial charge in [-0.25, -0.2) is 8.42 Å².